The number of carbonyl (C=O) groups is 4. The van der Waals surface area contributed by atoms with Crippen LogP contribution in [-0.4, -0.2) is 60.3 Å². The number of hydrogen-bond acceptors (Lipinski definition) is 7. The summed E-state index contributed by atoms with van der Waals surface area (Å²) < 4.78 is 10.7. The molecular formula is C17H16N2O6. The lowest BCUT2D eigenvalue weighted by molar-refractivity contribution is -0.134. The Morgan fingerprint density at radius 3 is 2.40 bits per heavy atom. The molecule has 1 aliphatic heterocycles. The van der Waals surface area contributed by atoms with E-state index in [9.17, 15) is 19.2 Å². The minimum atomic E-state index is -0.755. The summed E-state index contributed by atoms with van der Waals surface area (Å²) >= 11 is 0. The number of ketones is 2. The van der Waals surface area contributed by atoms with Gasteiger partial charge in [0.25, 0.3) is 0 Å². The molecule has 0 N–H and O–H groups in total. The highest BCUT2D eigenvalue weighted by Gasteiger charge is 2.40. The van der Waals surface area contributed by atoms with Gasteiger partial charge in [-0.15, -0.1) is 0 Å². The van der Waals surface area contributed by atoms with Crippen molar-refractivity contribution >= 4 is 29.6 Å². The van der Waals surface area contributed by atoms with Crippen LogP contribution in [0, 0.1) is 0 Å². The molecule has 2 heterocycles. The van der Waals surface area contributed by atoms with E-state index in [2.05, 4.69) is 4.74 Å². The molecule has 1 aromatic rings. The van der Waals surface area contributed by atoms with Crippen LogP contribution < -0.4 is 0 Å². The molecule has 0 radical (unpaired) electrons. The van der Waals surface area contributed by atoms with Gasteiger partial charge < -0.3 is 18.9 Å². The summed E-state index contributed by atoms with van der Waals surface area (Å²) in [5.74, 6) is -2.16. The first kappa shape index (κ1) is 16.7. The maximum atomic E-state index is 12.8. The van der Waals surface area contributed by atoms with Crippen LogP contribution in [0.3, 0.4) is 0 Å². The topological polar surface area (TPSA) is 94.7 Å². The second kappa shape index (κ2) is 6.04. The monoisotopic (exact) mass is 344 g/mol. The Morgan fingerprint density at radius 2 is 1.84 bits per heavy atom. The second-order valence-corrected chi connectivity index (χ2v) is 5.60. The number of carbonyl (C=O) groups excluding carboxylic acids is 4. The number of hydrogen-bond donors (Lipinski definition) is 0. The predicted octanol–water partition coefficient (Wildman–Crippen LogP) is 0.576. The van der Waals surface area contributed by atoms with Crippen molar-refractivity contribution in [3.63, 3.8) is 0 Å². The molecule has 1 aromatic heterocycles. The molecule has 0 saturated carbocycles. The van der Waals surface area contributed by atoms with E-state index in [4.69, 9.17) is 4.74 Å². The standard InChI is InChI=1S/C17H16N2O6/c1-18-9(4-5-12(21)24-2)13(17(23)25-3)14-15(18)11(20)8-10(16(14)22)19-6-7-19/h4-5,8H,6-7H2,1-3H3/b5-4+. The number of rotatable bonds is 4. The Morgan fingerprint density at radius 1 is 1.16 bits per heavy atom. The molecule has 2 aliphatic rings. The zero-order valence-corrected chi connectivity index (χ0v) is 14.0. The summed E-state index contributed by atoms with van der Waals surface area (Å²) in [4.78, 5) is 50.8. The molecule has 130 valence electrons. The molecule has 0 unspecified atom stereocenters. The molecule has 1 aliphatic carbocycles. The number of aromatic nitrogens is 1. The van der Waals surface area contributed by atoms with Gasteiger partial charge in [0.2, 0.25) is 11.6 Å². The lowest BCUT2D eigenvalue weighted by atomic mass is 9.94. The van der Waals surface area contributed by atoms with Gasteiger partial charge in [-0.1, -0.05) is 0 Å². The Kier molecular flexibility index (Phi) is 4.03. The zero-order chi connectivity index (χ0) is 18.3. The van der Waals surface area contributed by atoms with Crippen LogP contribution >= 0.6 is 0 Å². The van der Waals surface area contributed by atoms with Gasteiger partial charge in [0.1, 0.15) is 5.69 Å². The molecule has 3 rings (SSSR count). The lowest BCUT2D eigenvalue weighted by Gasteiger charge is -2.14. The molecule has 0 atom stereocenters. The quantitative estimate of drug-likeness (QED) is 0.448. The highest BCUT2D eigenvalue weighted by molar-refractivity contribution is 6.27. The fourth-order valence-electron chi connectivity index (χ4n) is 2.84. The number of methoxy groups -OCH3 is 2. The highest BCUT2D eigenvalue weighted by Crippen LogP contribution is 2.33. The van der Waals surface area contributed by atoms with Crippen molar-refractivity contribution in [2.45, 2.75) is 0 Å². The maximum Gasteiger partial charge on any atom is 0.340 e. The third-order valence-electron chi connectivity index (χ3n) is 4.16. The molecule has 8 nitrogen and oxygen atoms in total. The van der Waals surface area contributed by atoms with Gasteiger partial charge in [0.15, 0.2) is 0 Å². The molecule has 1 fully saturated rings. The van der Waals surface area contributed by atoms with Gasteiger partial charge in [-0.3, -0.25) is 9.59 Å². The van der Waals surface area contributed by atoms with Crippen LogP contribution in [0.1, 0.15) is 36.9 Å². The molecule has 0 amide bonds. The van der Waals surface area contributed by atoms with E-state index in [1.165, 1.54) is 30.9 Å². The number of nitrogens with zero attached hydrogens (tertiary/aromatic N) is 2. The number of allylic oxidation sites excluding steroid dienone is 2. The van der Waals surface area contributed by atoms with E-state index in [1.54, 1.807) is 11.9 Å². The predicted molar refractivity (Wildman–Crippen MR) is 86.1 cm³/mol. The minimum Gasteiger partial charge on any atom is -0.466 e. The summed E-state index contributed by atoms with van der Waals surface area (Å²) in [5, 5.41) is 0. The van der Waals surface area contributed by atoms with Gasteiger partial charge in [0.05, 0.1) is 36.7 Å². The Labute approximate surface area is 143 Å². The summed E-state index contributed by atoms with van der Waals surface area (Å²) in [6.07, 6.45) is 3.72. The van der Waals surface area contributed by atoms with Gasteiger partial charge in [-0.2, -0.15) is 0 Å². The van der Waals surface area contributed by atoms with Crippen molar-refractivity contribution in [1.82, 2.24) is 9.47 Å². The fourth-order valence-corrected chi connectivity index (χ4v) is 2.84. The molecule has 1 saturated heterocycles. The normalized spacial score (nSPS) is 16.0. The number of ether oxygens (including phenoxy) is 2. The SMILES string of the molecule is COC(=O)/C=C/c1c(C(=O)OC)c2c(n1C)C(=O)C=C(N1CC1)C2=O. The number of Topliss-reactive ketones (excluding diaryl/α,β-unsaturated/α-hetero) is 1. The molecule has 0 aromatic carbocycles. The molecular weight excluding hydrogens is 328 g/mol. The fraction of sp³-hybridized carbons (Fsp3) is 0.294. The Hall–Kier alpha value is -3.16. The van der Waals surface area contributed by atoms with E-state index in [0.717, 1.165) is 6.08 Å². The van der Waals surface area contributed by atoms with Crippen molar-refractivity contribution < 1.29 is 28.7 Å². The van der Waals surface area contributed by atoms with Crippen LogP contribution in [0.4, 0.5) is 0 Å². The third kappa shape index (κ3) is 2.65. The van der Waals surface area contributed by atoms with Crippen LogP contribution in [0.2, 0.25) is 0 Å². The van der Waals surface area contributed by atoms with E-state index < -0.39 is 17.7 Å². The van der Waals surface area contributed by atoms with Gasteiger partial charge in [-0.05, 0) is 6.08 Å². The van der Waals surface area contributed by atoms with Gasteiger partial charge in [0, 0.05) is 32.3 Å². The van der Waals surface area contributed by atoms with Crippen molar-refractivity contribution in [2.75, 3.05) is 27.3 Å². The average Bonchev–Trinajstić information content (AvgIpc) is 3.39. The van der Waals surface area contributed by atoms with E-state index in [0.29, 0.717) is 13.1 Å². The van der Waals surface area contributed by atoms with E-state index in [-0.39, 0.29) is 34.0 Å². The summed E-state index contributed by atoms with van der Waals surface area (Å²) in [7, 11) is 3.95. The van der Waals surface area contributed by atoms with Crippen LogP contribution in [0.5, 0.6) is 0 Å². The number of esters is 2. The van der Waals surface area contributed by atoms with E-state index in [1.807, 2.05) is 0 Å². The van der Waals surface area contributed by atoms with Crippen molar-refractivity contribution in [3.05, 3.63) is 40.4 Å². The molecule has 0 bridgehead atoms. The van der Waals surface area contributed by atoms with E-state index >= 15 is 0 Å². The smallest absolute Gasteiger partial charge is 0.340 e. The van der Waals surface area contributed by atoms with Crippen LogP contribution in [-0.2, 0) is 21.3 Å². The zero-order valence-electron chi connectivity index (χ0n) is 14.0. The van der Waals surface area contributed by atoms with Crippen LogP contribution in [0.25, 0.3) is 6.08 Å². The third-order valence-corrected chi connectivity index (χ3v) is 4.16. The van der Waals surface area contributed by atoms with Crippen molar-refractivity contribution in [3.8, 4) is 0 Å². The largest absolute Gasteiger partial charge is 0.466 e. The van der Waals surface area contributed by atoms with Gasteiger partial charge >= 0.3 is 11.9 Å². The first-order chi connectivity index (χ1) is 11.9. The minimum absolute atomic E-state index is 0.00765. The molecule has 25 heavy (non-hydrogen) atoms. The Balaban J connectivity index is 2.21. The first-order valence-corrected chi connectivity index (χ1v) is 7.53. The summed E-state index contributed by atoms with van der Waals surface area (Å²) in [6, 6.07) is 0. The summed E-state index contributed by atoms with van der Waals surface area (Å²) in [5.41, 5.74) is 0.570. The summed E-state index contributed by atoms with van der Waals surface area (Å²) in [6.45, 7) is 1.38. The molecule has 8 heteroatoms. The van der Waals surface area contributed by atoms with Gasteiger partial charge in [-0.25, -0.2) is 9.59 Å². The lowest BCUT2D eigenvalue weighted by Crippen LogP contribution is -2.23. The first-order valence-electron chi connectivity index (χ1n) is 7.53. The molecule has 0 spiro atoms. The van der Waals surface area contributed by atoms with Crippen LogP contribution in [0.15, 0.2) is 17.8 Å². The number of fused-ring (bicyclic) bond motifs is 1. The maximum absolute atomic E-state index is 12.8. The average molecular weight is 344 g/mol. The highest BCUT2D eigenvalue weighted by atomic mass is 16.5. The Bertz CT molecular complexity index is 870. The second-order valence-electron chi connectivity index (χ2n) is 5.60. The van der Waals surface area contributed by atoms with Crippen molar-refractivity contribution in [2.24, 2.45) is 7.05 Å². The van der Waals surface area contributed by atoms with Crippen molar-refractivity contribution in [1.29, 1.82) is 0 Å².